The lowest BCUT2D eigenvalue weighted by Crippen LogP contribution is -2.29. The second-order valence-corrected chi connectivity index (χ2v) is 4.91. The predicted octanol–water partition coefficient (Wildman–Crippen LogP) is 1.72. The average Bonchev–Trinajstić information content (AvgIpc) is 3.20. The van der Waals surface area contributed by atoms with Crippen LogP contribution in [0.25, 0.3) is 0 Å². The molecule has 1 fully saturated rings. The monoisotopic (exact) mass is 265 g/mol. The summed E-state index contributed by atoms with van der Waals surface area (Å²) in [7, 11) is 1.67. The number of nitrogens with one attached hydrogen (secondary N) is 1. The summed E-state index contributed by atoms with van der Waals surface area (Å²) < 4.78 is 19.1. The minimum absolute atomic E-state index is 0.108. The fourth-order valence-corrected chi connectivity index (χ4v) is 2.10. The lowest BCUT2D eigenvalue weighted by Gasteiger charge is -2.22. The number of rotatable bonds is 7. The molecule has 1 saturated carbocycles. The second kappa shape index (κ2) is 6.12. The third-order valence-electron chi connectivity index (χ3n) is 3.38. The lowest BCUT2D eigenvalue weighted by molar-refractivity contribution is 0.139. The van der Waals surface area contributed by atoms with Crippen molar-refractivity contribution in [3.8, 4) is 0 Å². The van der Waals surface area contributed by atoms with Crippen LogP contribution in [0.4, 0.5) is 4.39 Å². The van der Waals surface area contributed by atoms with Gasteiger partial charge in [-0.25, -0.2) is 4.39 Å². The largest absolute Gasteiger partial charge is 0.384 e. The molecule has 0 aromatic heterocycles. The first-order chi connectivity index (χ1) is 9.11. The van der Waals surface area contributed by atoms with E-state index in [0.29, 0.717) is 30.3 Å². The van der Waals surface area contributed by atoms with Crippen molar-refractivity contribution in [2.24, 2.45) is 5.73 Å². The van der Waals surface area contributed by atoms with Gasteiger partial charge in [0.25, 0.3) is 0 Å². The highest BCUT2D eigenvalue weighted by Gasteiger charge is 2.29. The molecule has 0 bridgehead atoms. The SMILES string of the molecule is COCCN(Cc1ccc(C(=N)N)cc1F)C1CC1. The molecule has 3 N–H and O–H groups in total. The van der Waals surface area contributed by atoms with Crippen LogP contribution < -0.4 is 5.73 Å². The quantitative estimate of drug-likeness (QED) is 0.583. The molecule has 0 spiro atoms. The maximum Gasteiger partial charge on any atom is 0.128 e. The summed E-state index contributed by atoms with van der Waals surface area (Å²) in [5, 5.41) is 7.30. The molecule has 104 valence electrons. The highest BCUT2D eigenvalue weighted by Crippen LogP contribution is 2.28. The van der Waals surface area contributed by atoms with Crippen molar-refractivity contribution in [2.75, 3.05) is 20.3 Å². The Kier molecular flexibility index (Phi) is 4.50. The zero-order valence-corrected chi connectivity index (χ0v) is 11.2. The molecule has 1 aromatic rings. The van der Waals surface area contributed by atoms with Crippen molar-refractivity contribution < 1.29 is 9.13 Å². The first-order valence-corrected chi connectivity index (χ1v) is 6.47. The summed E-state index contributed by atoms with van der Waals surface area (Å²) in [5.74, 6) is -0.403. The Hall–Kier alpha value is -1.46. The van der Waals surface area contributed by atoms with E-state index in [-0.39, 0.29) is 11.7 Å². The molecule has 1 aliphatic rings. The lowest BCUT2D eigenvalue weighted by atomic mass is 10.1. The van der Waals surface area contributed by atoms with E-state index in [4.69, 9.17) is 15.9 Å². The number of nitrogens with two attached hydrogens (primary N) is 1. The molecule has 0 amide bonds. The van der Waals surface area contributed by atoms with Crippen LogP contribution in [0, 0.1) is 11.2 Å². The van der Waals surface area contributed by atoms with Crippen LogP contribution in [0.15, 0.2) is 18.2 Å². The van der Waals surface area contributed by atoms with E-state index >= 15 is 0 Å². The number of hydrogen-bond donors (Lipinski definition) is 2. The molecule has 19 heavy (non-hydrogen) atoms. The van der Waals surface area contributed by atoms with E-state index in [2.05, 4.69) is 4.90 Å². The Morgan fingerprint density at radius 2 is 2.26 bits per heavy atom. The number of ether oxygens (including phenoxy) is 1. The third kappa shape index (κ3) is 3.75. The topological polar surface area (TPSA) is 62.3 Å². The molecule has 0 saturated heterocycles. The van der Waals surface area contributed by atoms with Gasteiger partial charge < -0.3 is 10.5 Å². The Morgan fingerprint density at radius 1 is 1.53 bits per heavy atom. The Balaban J connectivity index is 2.06. The molecule has 1 aliphatic carbocycles. The molecular formula is C14H20FN3O. The van der Waals surface area contributed by atoms with E-state index in [1.165, 1.54) is 18.9 Å². The van der Waals surface area contributed by atoms with Gasteiger partial charge in [-0.2, -0.15) is 0 Å². The summed E-state index contributed by atoms with van der Waals surface area (Å²) >= 11 is 0. The van der Waals surface area contributed by atoms with Gasteiger partial charge in [0.2, 0.25) is 0 Å². The van der Waals surface area contributed by atoms with Crippen molar-refractivity contribution in [2.45, 2.75) is 25.4 Å². The van der Waals surface area contributed by atoms with Crippen molar-refractivity contribution >= 4 is 5.84 Å². The first kappa shape index (κ1) is 14.0. The molecule has 2 rings (SSSR count). The number of halogens is 1. The zero-order chi connectivity index (χ0) is 13.8. The van der Waals surface area contributed by atoms with Gasteiger partial charge in [0.05, 0.1) is 6.61 Å². The van der Waals surface area contributed by atoms with Gasteiger partial charge in [0.15, 0.2) is 0 Å². The summed E-state index contributed by atoms with van der Waals surface area (Å²) in [5.41, 5.74) is 6.42. The van der Waals surface area contributed by atoms with E-state index in [9.17, 15) is 4.39 Å². The molecule has 0 atom stereocenters. The first-order valence-electron chi connectivity index (χ1n) is 6.47. The van der Waals surface area contributed by atoms with Crippen LogP contribution in [0.3, 0.4) is 0 Å². The van der Waals surface area contributed by atoms with E-state index in [0.717, 1.165) is 6.54 Å². The van der Waals surface area contributed by atoms with Crippen LogP contribution in [0.2, 0.25) is 0 Å². The molecule has 0 radical (unpaired) electrons. The molecule has 5 heteroatoms. The fourth-order valence-electron chi connectivity index (χ4n) is 2.10. The highest BCUT2D eigenvalue weighted by molar-refractivity contribution is 5.94. The Morgan fingerprint density at radius 3 is 2.79 bits per heavy atom. The normalized spacial score (nSPS) is 14.9. The van der Waals surface area contributed by atoms with Gasteiger partial charge in [-0.1, -0.05) is 12.1 Å². The minimum Gasteiger partial charge on any atom is -0.384 e. The summed E-state index contributed by atoms with van der Waals surface area (Å²) in [4.78, 5) is 2.25. The average molecular weight is 265 g/mol. The van der Waals surface area contributed by atoms with Gasteiger partial charge in [-0.15, -0.1) is 0 Å². The highest BCUT2D eigenvalue weighted by atomic mass is 19.1. The van der Waals surface area contributed by atoms with E-state index < -0.39 is 0 Å². The number of amidine groups is 1. The van der Waals surface area contributed by atoms with Crippen molar-refractivity contribution in [1.29, 1.82) is 5.41 Å². The van der Waals surface area contributed by atoms with Gasteiger partial charge in [-0.3, -0.25) is 10.3 Å². The van der Waals surface area contributed by atoms with Crippen molar-refractivity contribution in [3.05, 3.63) is 35.1 Å². The third-order valence-corrected chi connectivity index (χ3v) is 3.38. The molecule has 4 nitrogen and oxygen atoms in total. The van der Waals surface area contributed by atoms with Crippen LogP contribution in [0.1, 0.15) is 24.0 Å². The number of methoxy groups -OCH3 is 1. The zero-order valence-electron chi connectivity index (χ0n) is 11.2. The molecule has 1 aromatic carbocycles. The van der Waals surface area contributed by atoms with Crippen LogP contribution >= 0.6 is 0 Å². The van der Waals surface area contributed by atoms with Crippen LogP contribution in [0.5, 0.6) is 0 Å². The smallest absolute Gasteiger partial charge is 0.128 e. The summed E-state index contributed by atoms with van der Waals surface area (Å²) in [6.07, 6.45) is 2.35. The van der Waals surface area contributed by atoms with Crippen LogP contribution in [-0.2, 0) is 11.3 Å². The number of nitrogens with zero attached hydrogens (tertiary/aromatic N) is 1. The van der Waals surface area contributed by atoms with Gasteiger partial charge in [-0.05, 0) is 18.9 Å². The van der Waals surface area contributed by atoms with Gasteiger partial charge >= 0.3 is 0 Å². The van der Waals surface area contributed by atoms with Crippen molar-refractivity contribution in [1.82, 2.24) is 4.90 Å². The predicted molar refractivity (Wildman–Crippen MR) is 72.7 cm³/mol. The molecular weight excluding hydrogens is 245 g/mol. The maximum atomic E-state index is 14.0. The van der Waals surface area contributed by atoms with Gasteiger partial charge in [0, 0.05) is 37.4 Å². The van der Waals surface area contributed by atoms with Crippen molar-refractivity contribution in [3.63, 3.8) is 0 Å². The fraction of sp³-hybridized carbons (Fsp3) is 0.500. The maximum absolute atomic E-state index is 14.0. The summed E-state index contributed by atoms with van der Waals surface area (Å²) in [6.45, 7) is 2.05. The number of benzene rings is 1. The standard InChI is InChI=1S/C14H20FN3O/c1-19-7-6-18(12-4-5-12)9-11-3-2-10(14(16)17)8-13(11)15/h2-3,8,12H,4-7,9H2,1H3,(H3,16,17). The van der Waals surface area contributed by atoms with E-state index in [1.807, 2.05) is 0 Å². The van der Waals surface area contributed by atoms with Gasteiger partial charge in [0.1, 0.15) is 11.7 Å². The minimum atomic E-state index is -0.296. The Labute approximate surface area is 112 Å². The molecule has 0 heterocycles. The molecule has 0 unspecified atom stereocenters. The van der Waals surface area contributed by atoms with Crippen LogP contribution in [-0.4, -0.2) is 37.0 Å². The van der Waals surface area contributed by atoms with E-state index in [1.54, 1.807) is 19.2 Å². The Bertz CT molecular complexity index is 460. The number of hydrogen-bond acceptors (Lipinski definition) is 3. The molecule has 0 aliphatic heterocycles. The summed E-state index contributed by atoms with van der Waals surface area (Å²) in [6, 6.07) is 5.30. The number of nitrogen functional groups attached to an aromatic ring is 1. The second-order valence-electron chi connectivity index (χ2n) is 4.91.